The standard InChI is InChI=1S/C15H22N4O3/c1-18-6-7-19(9-10(8-18)14(16)20)15(21)13-11-4-2-3-5-12(11)22-17-13/h10H,2-9H2,1H3,(H2,16,20)/t10-/m0/s1. The molecule has 0 bridgehead atoms. The molecule has 2 heterocycles. The first kappa shape index (κ1) is 15.0. The summed E-state index contributed by atoms with van der Waals surface area (Å²) >= 11 is 0. The molecule has 0 radical (unpaired) electrons. The Morgan fingerprint density at radius 3 is 2.77 bits per heavy atom. The van der Waals surface area contributed by atoms with Crippen molar-refractivity contribution in [3.8, 4) is 0 Å². The van der Waals surface area contributed by atoms with E-state index in [0.717, 1.165) is 43.6 Å². The summed E-state index contributed by atoms with van der Waals surface area (Å²) in [5, 5.41) is 4.00. The number of rotatable bonds is 2. The van der Waals surface area contributed by atoms with Crippen molar-refractivity contribution >= 4 is 11.8 Å². The average molecular weight is 306 g/mol. The van der Waals surface area contributed by atoms with Crippen molar-refractivity contribution in [1.82, 2.24) is 15.0 Å². The third kappa shape index (κ3) is 2.85. The lowest BCUT2D eigenvalue weighted by Gasteiger charge is -2.22. The Balaban J connectivity index is 1.81. The van der Waals surface area contributed by atoms with Gasteiger partial charge in [-0.05, 0) is 26.3 Å². The molecule has 2 aliphatic rings. The van der Waals surface area contributed by atoms with Crippen LogP contribution in [0.4, 0.5) is 0 Å². The zero-order chi connectivity index (χ0) is 15.7. The number of aryl methyl sites for hydroxylation is 1. The van der Waals surface area contributed by atoms with Gasteiger partial charge in [0, 0.05) is 38.2 Å². The number of aromatic nitrogens is 1. The smallest absolute Gasteiger partial charge is 0.276 e. The minimum Gasteiger partial charge on any atom is -0.369 e. The van der Waals surface area contributed by atoms with E-state index in [4.69, 9.17) is 10.3 Å². The number of carbonyl (C=O) groups excluding carboxylic acids is 2. The number of fused-ring (bicyclic) bond motifs is 1. The minimum absolute atomic E-state index is 0.145. The van der Waals surface area contributed by atoms with Crippen LogP contribution < -0.4 is 5.73 Å². The van der Waals surface area contributed by atoms with Gasteiger partial charge in [-0.1, -0.05) is 5.16 Å². The fourth-order valence-electron chi connectivity index (χ4n) is 3.24. The average Bonchev–Trinajstić information content (AvgIpc) is 2.82. The molecule has 7 nitrogen and oxygen atoms in total. The van der Waals surface area contributed by atoms with Gasteiger partial charge < -0.3 is 20.1 Å². The Kier molecular flexibility index (Phi) is 4.15. The van der Waals surface area contributed by atoms with Crippen LogP contribution in [0, 0.1) is 5.92 Å². The summed E-state index contributed by atoms with van der Waals surface area (Å²) in [5.74, 6) is -0.0191. The summed E-state index contributed by atoms with van der Waals surface area (Å²) in [6.07, 6.45) is 3.82. The maximum Gasteiger partial charge on any atom is 0.276 e. The molecule has 2 N–H and O–H groups in total. The van der Waals surface area contributed by atoms with E-state index in [9.17, 15) is 9.59 Å². The molecule has 1 saturated heterocycles. The highest BCUT2D eigenvalue weighted by Gasteiger charge is 2.32. The van der Waals surface area contributed by atoms with Gasteiger partial charge in [-0.3, -0.25) is 9.59 Å². The van der Waals surface area contributed by atoms with Gasteiger partial charge in [0.05, 0.1) is 5.92 Å². The lowest BCUT2D eigenvalue weighted by molar-refractivity contribution is -0.122. The van der Waals surface area contributed by atoms with Crippen molar-refractivity contribution in [2.75, 3.05) is 33.2 Å². The Labute approximate surface area is 129 Å². The molecule has 7 heteroatoms. The summed E-state index contributed by atoms with van der Waals surface area (Å²) in [5.41, 5.74) is 6.82. The highest BCUT2D eigenvalue weighted by atomic mass is 16.5. The van der Waals surface area contributed by atoms with Crippen molar-refractivity contribution in [3.63, 3.8) is 0 Å². The van der Waals surface area contributed by atoms with Crippen LogP contribution in [-0.2, 0) is 17.6 Å². The number of nitrogens with two attached hydrogens (primary N) is 1. The molecular weight excluding hydrogens is 284 g/mol. The minimum atomic E-state index is -0.367. The van der Waals surface area contributed by atoms with Gasteiger partial charge in [0.25, 0.3) is 5.91 Å². The molecule has 0 aromatic carbocycles. The molecule has 1 aliphatic heterocycles. The topological polar surface area (TPSA) is 92.7 Å². The number of hydrogen-bond acceptors (Lipinski definition) is 5. The first-order valence-corrected chi connectivity index (χ1v) is 7.81. The van der Waals surface area contributed by atoms with Crippen LogP contribution in [0.15, 0.2) is 4.52 Å². The number of hydrogen-bond donors (Lipinski definition) is 1. The SMILES string of the molecule is CN1CCN(C(=O)c2noc3c2CCCC3)C[C@@H](C(N)=O)C1. The van der Waals surface area contributed by atoms with E-state index in [-0.39, 0.29) is 17.7 Å². The third-order valence-corrected chi connectivity index (χ3v) is 4.57. The van der Waals surface area contributed by atoms with E-state index in [2.05, 4.69) is 5.16 Å². The molecule has 3 rings (SSSR count). The molecule has 1 aromatic rings. The molecular formula is C15H22N4O3. The van der Waals surface area contributed by atoms with Crippen molar-refractivity contribution in [2.24, 2.45) is 11.7 Å². The largest absolute Gasteiger partial charge is 0.369 e. The Hall–Kier alpha value is -1.89. The van der Waals surface area contributed by atoms with Crippen LogP contribution in [0.5, 0.6) is 0 Å². The second kappa shape index (κ2) is 6.08. The van der Waals surface area contributed by atoms with Crippen molar-refractivity contribution in [3.05, 3.63) is 17.0 Å². The quantitative estimate of drug-likeness (QED) is 0.833. The monoisotopic (exact) mass is 306 g/mol. The Morgan fingerprint density at radius 1 is 1.23 bits per heavy atom. The summed E-state index contributed by atoms with van der Waals surface area (Å²) in [6, 6.07) is 0. The van der Waals surface area contributed by atoms with Crippen LogP contribution in [0.3, 0.4) is 0 Å². The molecule has 2 amide bonds. The molecule has 120 valence electrons. The van der Waals surface area contributed by atoms with Crippen LogP contribution in [0.1, 0.15) is 34.7 Å². The molecule has 1 aliphatic carbocycles. The van der Waals surface area contributed by atoms with E-state index in [0.29, 0.717) is 25.3 Å². The number of carbonyl (C=O) groups is 2. The first-order valence-electron chi connectivity index (χ1n) is 7.81. The van der Waals surface area contributed by atoms with E-state index in [1.165, 1.54) is 0 Å². The maximum absolute atomic E-state index is 12.8. The van der Waals surface area contributed by atoms with Gasteiger partial charge in [-0.25, -0.2) is 0 Å². The molecule has 1 atom stereocenters. The summed E-state index contributed by atoms with van der Waals surface area (Å²) in [6.45, 7) is 2.21. The van der Waals surface area contributed by atoms with Gasteiger partial charge >= 0.3 is 0 Å². The predicted octanol–water partition coefficient (Wildman–Crippen LogP) is 0.0425. The van der Waals surface area contributed by atoms with Gasteiger partial charge in [0.1, 0.15) is 5.76 Å². The van der Waals surface area contributed by atoms with Crippen LogP contribution in [-0.4, -0.2) is 60.0 Å². The van der Waals surface area contributed by atoms with Crippen LogP contribution in [0.25, 0.3) is 0 Å². The molecule has 0 spiro atoms. The second-order valence-corrected chi connectivity index (χ2v) is 6.25. The van der Waals surface area contributed by atoms with E-state index in [1.54, 1.807) is 4.90 Å². The van der Waals surface area contributed by atoms with Gasteiger partial charge in [-0.15, -0.1) is 0 Å². The third-order valence-electron chi connectivity index (χ3n) is 4.57. The van der Waals surface area contributed by atoms with E-state index < -0.39 is 0 Å². The van der Waals surface area contributed by atoms with Crippen LogP contribution in [0.2, 0.25) is 0 Å². The molecule has 22 heavy (non-hydrogen) atoms. The summed E-state index contributed by atoms with van der Waals surface area (Å²) in [4.78, 5) is 28.1. The van der Waals surface area contributed by atoms with E-state index in [1.807, 2.05) is 11.9 Å². The summed E-state index contributed by atoms with van der Waals surface area (Å²) < 4.78 is 5.33. The maximum atomic E-state index is 12.8. The lowest BCUT2D eigenvalue weighted by atomic mass is 9.96. The molecule has 1 fully saturated rings. The first-order chi connectivity index (χ1) is 10.6. The Bertz CT molecular complexity index is 583. The molecule has 0 saturated carbocycles. The zero-order valence-electron chi connectivity index (χ0n) is 12.9. The second-order valence-electron chi connectivity index (χ2n) is 6.25. The van der Waals surface area contributed by atoms with Crippen molar-refractivity contribution in [1.29, 1.82) is 0 Å². The number of primary amides is 1. The van der Waals surface area contributed by atoms with Gasteiger partial charge in [-0.2, -0.15) is 0 Å². The highest BCUT2D eigenvalue weighted by molar-refractivity contribution is 5.94. The number of nitrogens with zero attached hydrogens (tertiary/aromatic N) is 3. The molecule has 1 aromatic heterocycles. The molecule has 0 unspecified atom stereocenters. The van der Waals surface area contributed by atoms with Crippen molar-refractivity contribution < 1.29 is 14.1 Å². The van der Waals surface area contributed by atoms with Crippen LogP contribution >= 0.6 is 0 Å². The predicted molar refractivity (Wildman–Crippen MR) is 79.2 cm³/mol. The highest BCUT2D eigenvalue weighted by Crippen LogP contribution is 2.25. The normalized spacial score (nSPS) is 23.0. The zero-order valence-corrected chi connectivity index (χ0v) is 12.9. The summed E-state index contributed by atoms with van der Waals surface area (Å²) in [7, 11) is 1.93. The fourth-order valence-corrected chi connectivity index (χ4v) is 3.24. The van der Waals surface area contributed by atoms with Gasteiger partial charge in [0.15, 0.2) is 5.69 Å². The lowest BCUT2D eigenvalue weighted by Crippen LogP contribution is -2.40. The van der Waals surface area contributed by atoms with E-state index >= 15 is 0 Å². The number of likely N-dealkylation sites (N-methyl/N-ethyl adjacent to an activating group) is 1. The van der Waals surface area contributed by atoms with Crippen molar-refractivity contribution in [2.45, 2.75) is 25.7 Å². The number of amides is 2. The fraction of sp³-hybridized carbons (Fsp3) is 0.667. The Morgan fingerprint density at radius 2 is 2.00 bits per heavy atom. The van der Waals surface area contributed by atoms with Gasteiger partial charge in [0.2, 0.25) is 5.91 Å².